The highest BCUT2D eigenvalue weighted by Crippen LogP contribution is 2.30. The van der Waals surface area contributed by atoms with Gasteiger partial charge in [0.25, 0.3) is 0 Å². The van der Waals surface area contributed by atoms with E-state index in [4.69, 9.17) is 5.73 Å². The molecule has 3 nitrogen and oxygen atoms in total. The lowest BCUT2D eigenvalue weighted by Gasteiger charge is -1.95. The summed E-state index contributed by atoms with van der Waals surface area (Å²) in [6, 6.07) is 0. The van der Waals surface area contributed by atoms with Crippen molar-refractivity contribution in [2.24, 2.45) is 5.92 Å². The molecule has 0 aliphatic heterocycles. The van der Waals surface area contributed by atoms with Crippen molar-refractivity contribution in [1.82, 2.24) is 9.78 Å². The van der Waals surface area contributed by atoms with Crippen LogP contribution in [0, 0.1) is 5.92 Å². The first-order valence-corrected chi connectivity index (χ1v) is 3.62. The van der Waals surface area contributed by atoms with E-state index in [1.54, 1.807) is 6.20 Å². The zero-order valence-corrected chi connectivity index (χ0v) is 5.83. The fraction of sp³-hybridized carbons (Fsp3) is 0.571. The fourth-order valence-electron chi connectivity index (χ4n) is 1.04. The number of nitrogens with zero attached hydrogens (tertiary/aromatic N) is 2. The second-order valence-corrected chi connectivity index (χ2v) is 2.94. The largest absolute Gasteiger partial charge is 0.396 e. The van der Waals surface area contributed by atoms with Gasteiger partial charge in [0, 0.05) is 12.7 Å². The summed E-state index contributed by atoms with van der Waals surface area (Å²) in [6.45, 7) is 1.05. The van der Waals surface area contributed by atoms with Gasteiger partial charge in [0.1, 0.15) is 0 Å². The number of rotatable bonds is 2. The molecule has 54 valence electrons. The van der Waals surface area contributed by atoms with E-state index in [9.17, 15) is 0 Å². The molecular formula is C7H11N3. The maximum absolute atomic E-state index is 5.49. The number of hydrogen-bond donors (Lipinski definition) is 1. The molecule has 1 fully saturated rings. The third kappa shape index (κ3) is 1.12. The summed E-state index contributed by atoms with van der Waals surface area (Å²) in [6.07, 6.45) is 6.31. The van der Waals surface area contributed by atoms with Gasteiger partial charge in [-0.3, -0.25) is 4.68 Å². The number of nitrogen functional groups attached to an aromatic ring is 1. The van der Waals surface area contributed by atoms with Gasteiger partial charge in [-0.1, -0.05) is 0 Å². The Morgan fingerprint density at radius 3 is 3.00 bits per heavy atom. The molecule has 0 atom stereocenters. The lowest BCUT2D eigenvalue weighted by Crippen LogP contribution is -1.99. The Bertz CT molecular complexity index is 225. The highest BCUT2D eigenvalue weighted by atomic mass is 15.3. The number of nitrogens with two attached hydrogens (primary N) is 1. The van der Waals surface area contributed by atoms with E-state index in [-0.39, 0.29) is 0 Å². The first-order chi connectivity index (χ1) is 4.84. The Hall–Kier alpha value is -0.990. The van der Waals surface area contributed by atoms with Crippen LogP contribution in [0.2, 0.25) is 0 Å². The minimum absolute atomic E-state index is 0.764. The Kier molecular flexibility index (Phi) is 1.16. The Morgan fingerprint density at radius 2 is 2.50 bits per heavy atom. The molecule has 1 aliphatic rings. The van der Waals surface area contributed by atoms with Crippen LogP contribution in [-0.2, 0) is 6.54 Å². The molecule has 0 aromatic carbocycles. The molecule has 2 N–H and O–H groups in total. The molecule has 0 saturated heterocycles. The molecule has 1 saturated carbocycles. The van der Waals surface area contributed by atoms with E-state index in [0.717, 1.165) is 18.2 Å². The van der Waals surface area contributed by atoms with Crippen LogP contribution in [0.5, 0.6) is 0 Å². The average molecular weight is 137 g/mol. The molecule has 3 heteroatoms. The van der Waals surface area contributed by atoms with Crippen molar-refractivity contribution in [2.45, 2.75) is 19.4 Å². The SMILES string of the molecule is Nc1cnn(CC2CC2)c1. The fourth-order valence-corrected chi connectivity index (χ4v) is 1.04. The van der Waals surface area contributed by atoms with Crippen LogP contribution in [0.25, 0.3) is 0 Å². The molecule has 1 aromatic heterocycles. The van der Waals surface area contributed by atoms with Crippen molar-refractivity contribution in [1.29, 1.82) is 0 Å². The topological polar surface area (TPSA) is 43.8 Å². The average Bonchev–Trinajstić information content (AvgIpc) is 2.59. The first kappa shape index (κ1) is 5.77. The summed E-state index contributed by atoms with van der Waals surface area (Å²) in [5.41, 5.74) is 6.26. The minimum atomic E-state index is 0.764. The maximum Gasteiger partial charge on any atom is 0.0719 e. The first-order valence-electron chi connectivity index (χ1n) is 3.62. The lowest BCUT2D eigenvalue weighted by atomic mass is 10.4. The third-order valence-corrected chi connectivity index (χ3v) is 1.80. The van der Waals surface area contributed by atoms with Crippen molar-refractivity contribution in [2.75, 3.05) is 5.73 Å². The summed E-state index contributed by atoms with van der Waals surface area (Å²) < 4.78 is 1.92. The van der Waals surface area contributed by atoms with E-state index in [1.807, 2.05) is 10.9 Å². The van der Waals surface area contributed by atoms with Crippen LogP contribution in [0.4, 0.5) is 5.69 Å². The van der Waals surface area contributed by atoms with E-state index in [1.165, 1.54) is 12.8 Å². The molecule has 1 heterocycles. The molecule has 0 amide bonds. The Labute approximate surface area is 59.8 Å². The van der Waals surface area contributed by atoms with Gasteiger partial charge in [-0.15, -0.1) is 0 Å². The lowest BCUT2D eigenvalue weighted by molar-refractivity contribution is 0.563. The van der Waals surface area contributed by atoms with Crippen molar-refractivity contribution >= 4 is 5.69 Å². The van der Waals surface area contributed by atoms with Crippen LogP contribution in [0.3, 0.4) is 0 Å². The summed E-state index contributed by atoms with van der Waals surface area (Å²) in [4.78, 5) is 0. The summed E-state index contributed by atoms with van der Waals surface area (Å²) in [5.74, 6) is 0.874. The summed E-state index contributed by atoms with van der Waals surface area (Å²) in [7, 11) is 0. The Balaban J connectivity index is 2.03. The molecule has 1 aliphatic carbocycles. The van der Waals surface area contributed by atoms with Crippen molar-refractivity contribution in [3.63, 3.8) is 0 Å². The molecule has 1 aromatic rings. The second-order valence-electron chi connectivity index (χ2n) is 2.94. The second kappa shape index (κ2) is 2.01. The van der Waals surface area contributed by atoms with Gasteiger partial charge in [-0.2, -0.15) is 5.10 Å². The monoisotopic (exact) mass is 137 g/mol. The van der Waals surface area contributed by atoms with E-state index in [2.05, 4.69) is 5.10 Å². The quantitative estimate of drug-likeness (QED) is 0.657. The predicted molar refractivity (Wildman–Crippen MR) is 39.4 cm³/mol. The van der Waals surface area contributed by atoms with Crippen LogP contribution < -0.4 is 5.73 Å². The molecular weight excluding hydrogens is 126 g/mol. The van der Waals surface area contributed by atoms with Crippen LogP contribution in [-0.4, -0.2) is 9.78 Å². The number of hydrogen-bond acceptors (Lipinski definition) is 2. The maximum atomic E-state index is 5.49. The molecule has 10 heavy (non-hydrogen) atoms. The zero-order chi connectivity index (χ0) is 6.97. The van der Waals surface area contributed by atoms with Gasteiger partial charge in [0.15, 0.2) is 0 Å². The molecule has 0 spiro atoms. The smallest absolute Gasteiger partial charge is 0.0719 e. The molecule has 2 rings (SSSR count). The van der Waals surface area contributed by atoms with E-state index in [0.29, 0.717) is 0 Å². The van der Waals surface area contributed by atoms with E-state index >= 15 is 0 Å². The zero-order valence-electron chi connectivity index (χ0n) is 5.83. The van der Waals surface area contributed by atoms with Crippen molar-refractivity contribution < 1.29 is 0 Å². The number of anilines is 1. The van der Waals surface area contributed by atoms with Gasteiger partial charge >= 0.3 is 0 Å². The molecule has 0 unspecified atom stereocenters. The third-order valence-electron chi connectivity index (χ3n) is 1.80. The minimum Gasteiger partial charge on any atom is -0.396 e. The normalized spacial score (nSPS) is 17.6. The summed E-state index contributed by atoms with van der Waals surface area (Å²) in [5, 5.41) is 4.09. The van der Waals surface area contributed by atoms with Gasteiger partial charge in [0.05, 0.1) is 11.9 Å². The van der Waals surface area contributed by atoms with Crippen LogP contribution in [0.1, 0.15) is 12.8 Å². The number of aromatic nitrogens is 2. The molecule has 0 radical (unpaired) electrons. The van der Waals surface area contributed by atoms with Gasteiger partial charge in [-0.25, -0.2) is 0 Å². The highest BCUT2D eigenvalue weighted by Gasteiger charge is 2.21. The predicted octanol–water partition coefficient (Wildman–Crippen LogP) is 0.875. The summed E-state index contributed by atoms with van der Waals surface area (Å²) >= 11 is 0. The van der Waals surface area contributed by atoms with Crippen LogP contribution >= 0.6 is 0 Å². The standard InChI is InChI=1S/C7H11N3/c8-7-3-9-10(5-7)4-6-1-2-6/h3,5-6H,1-2,4,8H2. The van der Waals surface area contributed by atoms with Crippen LogP contribution in [0.15, 0.2) is 12.4 Å². The Morgan fingerprint density at radius 1 is 1.70 bits per heavy atom. The van der Waals surface area contributed by atoms with Crippen molar-refractivity contribution in [3.8, 4) is 0 Å². The van der Waals surface area contributed by atoms with Gasteiger partial charge < -0.3 is 5.73 Å². The van der Waals surface area contributed by atoms with Gasteiger partial charge in [-0.05, 0) is 18.8 Å². The van der Waals surface area contributed by atoms with Gasteiger partial charge in [0.2, 0.25) is 0 Å². The molecule has 0 bridgehead atoms. The van der Waals surface area contributed by atoms with E-state index < -0.39 is 0 Å². The highest BCUT2D eigenvalue weighted by molar-refractivity contribution is 5.30. The van der Waals surface area contributed by atoms with Crippen molar-refractivity contribution in [3.05, 3.63) is 12.4 Å².